The Balaban J connectivity index is 1.47. The number of aromatic nitrogens is 3. The Kier molecular flexibility index (Phi) is 8.40. The Morgan fingerprint density at radius 1 is 1.20 bits per heavy atom. The van der Waals surface area contributed by atoms with Crippen LogP contribution < -0.4 is 9.64 Å². The third-order valence-electron chi connectivity index (χ3n) is 8.49. The number of carbonyl (C=O) groups excluding carboxylic acids is 1. The van der Waals surface area contributed by atoms with Crippen molar-refractivity contribution in [3.63, 3.8) is 0 Å². The molecule has 45 heavy (non-hydrogen) atoms. The number of pyridine rings is 1. The molecule has 2 fully saturated rings. The quantitative estimate of drug-likeness (QED) is 0.273. The van der Waals surface area contributed by atoms with Crippen molar-refractivity contribution >= 4 is 45.1 Å². The van der Waals surface area contributed by atoms with Crippen molar-refractivity contribution in [1.82, 2.24) is 24.8 Å². The van der Waals surface area contributed by atoms with Gasteiger partial charge in [0.05, 0.1) is 18.5 Å². The standard InChI is InChI=1S/C32H30ClF2N7O3/c1-18(34)31(44)42-12-11-41(16-20(42)8-9-36)30-29-28(38-32(39-30)45-17-21-6-4-10-40(21)2)27(35)24(15-37-29)23-14-22(43)13-19-5-3-7-25(33)26(19)23/h3,5,7,13-15,20-21,43H,1,4,6,8,10-12,16-17H2,2H3/t20-,21?/m0/s1. The molecule has 1 unspecified atom stereocenters. The molecule has 10 nitrogen and oxygen atoms in total. The number of rotatable bonds is 7. The summed E-state index contributed by atoms with van der Waals surface area (Å²) in [6, 6.07) is 9.64. The van der Waals surface area contributed by atoms with Crippen LogP contribution in [0.2, 0.25) is 5.02 Å². The van der Waals surface area contributed by atoms with Crippen molar-refractivity contribution in [2.75, 3.05) is 44.7 Å². The second-order valence-electron chi connectivity index (χ2n) is 11.3. The molecule has 1 N–H and O–H groups in total. The largest absolute Gasteiger partial charge is 0.508 e. The first-order chi connectivity index (χ1) is 21.7. The van der Waals surface area contributed by atoms with Crippen LogP contribution in [0.3, 0.4) is 0 Å². The topological polar surface area (TPSA) is 119 Å². The SMILES string of the molecule is C=C(F)C(=O)N1CCN(c2nc(OCC3CCCN3C)nc3c(F)c(-c4cc(O)cc5cccc(Cl)c45)cnc23)C[C@@H]1CC#N. The van der Waals surface area contributed by atoms with Gasteiger partial charge in [0.15, 0.2) is 17.5 Å². The van der Waals surface area contributed by atoms with Gasteiger partial charge in [-0.3, -0.25) is 4.79 Å². The Bertz CT molecular complexity index is 1870. The summed E-state index contributed by atoms with van der Waals surface area (Å²) in [5.74, 6) is -2.51. The van der Waals surface area contributed by atoms with E-state index in [1.54, 1.807) is 29.2 Å². The number of ether oxygens (including phenoxy) is 1. The minimum absolute atomic E-state index is 0.0538. The van der Waals surface area contributed by atoms with E-state index in [1.807, 2.05) is 7.05 Å². The first-order valence-corrected chi connectivity index (χ1v) is 14.9. The summed E-state index contributed by atoms with van der Waals surface area (Å²) >= 11 is 6.53. The van der Waals surface area contributed by atoms with Gasteiger partial charge in [-0.05, 0) is 55.6 Å². The number of carbonyl (C=O) groups is 1. The summed E-state index contributed by atoms with van der Waals surface area (Å²) in [5.41, 5.74) is 0.443. The van der Waals surface area contributed by atoms with E-state index < -0.39 is 23.6 Å². The highest BCUT2D eigenvalue weighted by atomic mass is 35.5. The van der Waals surface area contributed by atoms with Crippen LogP contribution in [0, 0.1) is 17.1 Å². The van der Waals surface area contributed by atoms with Crippen molar-refractivity contribution in [1.29, 1.82) is 5.26 Å². The molecular formula is C32H30ClF2N7O3. The molecule has 2 aliphatic rings. The summed E-state index contributed by atoms with van der Waals surface area (Å²) in [6.45, 7) is 4.74. The van der Waals surface area contributed by atoms with Crippen LogP contribution in [0.1, 0.15) is 19.3 Å². The number of aromatic hydroxyl groups is 1. The number of fused-ring (bicyclic) bond motifs is 2. The van der Waals surface area contributed by atoms with E-state index >= 15 is 4.39 Å². The fraction of sp³-hybridized carbons (Fsp3) is 0.344. The lowest BCUT2D eigenvalue weighted by atomic mass is 9.98. The normalized spacial score (nSPS) is 18.8. The van der Waals surface area contributed by atoms with Gasteiger partial charge in [0.25, 0.3) is 5.91 Å². The molecule has 0 radical (unpaired) electrons. The maximum Gasteiger partial charge on any atom is 0.319 e. The number of likely N-dealkylation sites (N-methyl/N-ethyl adjacent to an activating group) is 1. The molecule has 1 amide bonds. The molecule has 2 aliphatic heterocycles. The molecular weight excluding hydrogens is 604 g/mol. The van der Waals surface area contributed by atoms with Crippen molar-refractivity contribution in [2.45, 2.75) is 31.3 Å². The molecule has 4 heterocycles. The molecule has 232 valence electrons. The molecule has 6 rings (SSSR count). The van der Waals surface area contributed by atoms with E-state index in [0.29, 0.717) is 28.0 Å². The van der Waals surface area contributed by atoms with Crippen LogP contribution in [0.25, 0.3) is 32.9 Å². The highest BCUT2D eigenvalue weighted by Gasteiger charge is 2.34. The maximum atomic E-state index is 16.6. The second-order valence-corrected chi connectivity index (χ2v) is 11.7. The van der Waals surface area contributed by atoms with Crippen LogP contribution in [0.4, 0.5) is 14.6 Å². The smallest absolute Gasteiger partial charge is 0.319 e. The molecule has 0 saturated carbocycles. The second kappa shape index (κ2) is 12.4. The van der Waals surface area contributed by atoms with E-state index in [1.165, 1.54) is 17.2 Å². The van der Waals surface area contributed by atoms with Gasteiger partial charge >= 0.3 is 6.01 Å². The molecule has 2 aromatic carbocycles. The van der Waals surface area contributed by atoms with E-state index in [-0.39, 0.29) is 66.3 Å². The molecule has 2 aromatic heterocycles. The predicted molar refractivity (Wildman–Crippen MR) is 166 cm³/mol. The van der Waals surface area contributed by atoms with Crippen LogP contribution in [0.15, 0.2) is 48.9 Å². The molecule has 0 bridgehead atoms. The monoisotopic (exact) mass is 633 g/mol. The Morgan fingerprint density at radius 2 is 2.02 bits per heavy atom. The molecule has 0 spiro atoms. The third kappa shape index (κ3) is 5.81. The lowest BCUT2D eigenvalue weighted by Crippen LogP contribution is -2.55. The van der Waals surface area contributed by atoms with E-state index in [4.69, 9.17) is 16.3 Å². The molecule has 2 atom stereocenters. The van der Waals surface area contributed by atoms with Crippen LogP contribution in [0.5, 0.6) is 11.8 Å². The van der Waals surface area contributed by atoms with E-state index in [9.17, 15) is 19.6 Å². The number of hydrogen-bond acceptors (Lipinski definition) is 9. The minimum atomic E-state index is -1.11. The summed E-state index contributed by atoms with van der Waals surface area (Å²) in [6.07, 6.45) is 3.25. The summed E-state index contributed by atoms with van der Waals surface area (Å²) in [4.78, 5) is 31.4. The van der Waals surface area contributed by atoms with Crippen LogP contribution >= 0.6 is 11.6 Å². The first kappa shape index (κ1) is 30.4. The number of nitriles is 1. The number of halogens is 3. The fourth-order valence-corrected chi connectivity index (χ4v) is 6.45. The zero-order valence-corrected chi connectivity index (χ0v) is 25.3. The maximum absolute atomic E-state index is 16.6. The molecule has 2 saturated heterocycles. The Morgan fingerprint density at radius 3 is 2.76 bits per heavy atom. The number of phenolic OH excluding ortho intramolecular Hbond substituents is 1. The number of piperazine rings is 1. The fourth-order valence-electron chi connectivity index (χ4n) is 6.17. The van der Waals surface area contributed by atoms with Gasteiger partial charge in [-0.15, -0.1) is 0 Å². The highest BCUT2D eigenvalue weighted by Crippen LogP contribution is 2.40. The number of nitrogens with zero attached hydrogens (tertiary/aromatic N) is 7. The molecule has 0 aliphatic carbocycles. The molecule has 4 aromatic rings. The van der Waals surface area contributed by atoms with Gasteiger partial charge in [0, 0.05) is 47.8 Å². The van der Waals surface area contributed by atoms with Gasteiger partial charge in [-0.25, -0.2) is 13.8 Å². The average Bonchev–Trinajstić information content (AvgIpc) is 3.43. The first-order valence-electron chi connectivity index (χ1n) is 14.5. The number of amides is 1. The average molecular weight is 634 g/mol. The summed E-state index contributed by atoms with van der Waals surface area (Å²) < 4.78 is 36.5. The van der Waals surface area contributed by atoms with Gasteiger partial charge in [-0.2, -0.15) is 15.2 Å². The third-order valence-corrected chi connectivity index (χ3v) is 8.81. The van der Waals surface area contributed by atoms with Crippen LogP contribution in [-0.2, 0) is 4.79 Å². The number of benzene rings is 2. The van der Waals surface area contributed by atoms with Crippen molar-refractivity contribution in [2.24, 2.45) is 0 Å². The van der Waals surface area contributed by atoms with E-state index in [0.717, 1.165) is 19.4 Å². The predicted octanol–water partition coefficient (Wildman–Crippen LogP) is 5.23. The van der Waals surface area contributed by atoms with Gasteiger partial charge in [0.2, 0.25) is 0 Å². The zero-order chi connectivity index (χ0) is 31.8. The number of hydrogen-bond donors (Lipinski definition) is 1. The zero-order valence-electron chi connectivity index (χ0n) is 24.5. The Labute approximate surface area is 263 Å². The summed E-state index contributed by atoms with van der Waals surface area (Å²) in [7, 11) is 2.01. The van der Waals surface area contributed by atoms with Crippen molar-refractivity contribution < 1.29 is 23.4 Å². The highest BCUT2D eigenvalue weighted by molar-refractivity contribution is 6.36. The number of anilines is 1. The minimum Gasteiger partial charge on any atom is -0.508 e. The number of likely N-dealkylation sites (tertiary alicyclic amines) is 1. The van der Waals surface area contributed by atoms with Crippen molar-refractivity contribution in [3.05, 3.63) is 59.8 Å². The summed E-state index contributed by atoms with van der Waals surface area (Å²) in [5, 5.41) is 21.5. The Hall–Kier alpha value is -4.60. The molecule has 13 heteroatoms. The van der Waals surface area contributed by atoms with Crippen LogP contribution in [-0.4, -0.2) is 87.7 Å². The van der Waals surface area contributed by atoms with Gasteiger partial charge in [0.1, 0.15) is 23.4 Å². The van der Waals surface area contributed by atoms with Gasteiger partial charge < -0.3 is 24.5 Å². The lowest BCUT2D eigenvalue weighted by molar-refractivity contribution is -0.131. The van der Waals surface area contributed by atoms with E-state index in [2.05, 4.69) is 32.5 Å². The van der Waals surface area contributed by atoms with Gasteiger partial charge in [-0.1, -0.05) is 30.3 Å². The van der Waals surface area contributed by atoms with Crippen molar-refractivity contribution in [3.8, 4) is 29.0 Å². The number of phenols is 1. The lowest BCUT2D eigenvalue weighted by Gasteiger charge is -2.41.